The summed E-state index contributed by atoms with van der Waals surface area (Å²) in [5.41, 5.74) is 3.02. The number of hydrogen-bond acceptors (Lipinski definition) is 3. The lowest BCUT2D eigenvalue weighted by Crippen LogP contribution is -1.91. The molecule has 0 aliphatic heterocycles. The van der Waals surface area contributed by atoms with Gasteiger partial charge < -0.3 is 0 Å². The highest BCUT2D eigenvalue weighted by molar-refractivity contribution is 7.09. The van der Waals surface area contributed by atoms with E-state index in [9.17, 15) is 0 Å². The summed E-state index contributed by atoms with van der Waals surface area (Å²) in [7, 11) is 0. The first-order chi connectivity index (χ1) is 8.19. The van der Waals surface area contributed by atoms with E-state index in [0.29, 0.717) is 11.5 Å². The van der Waals surface area contributed by atoms with Gasteiger partial charge in [0.1, 0.15) is 0 Å². The maximum absolute atomic E-state index is 8.72. The first-order valence-corrected chi connectivity index (χ1v) is 6.50. The van der Waals surface area contributed by atoms with Gasteiger partial charge in [-0.3, -0.25) is 0 Å². The standard InChI is InChI=1S/C14H14N2S/c1-10(2)14-16-13(9-17-14)7-11-3-5-12(8-15)6-4-11/h3-6,9-10H,7H2,1-2H3. The third-order valence-electron chi connectivity index (χ3n) is 2.53. The van der Waals surface area contributed by atoms with E-state index >= 15 is 0 Å². The SMILES string of the molecule is CC(C)c1nc(Cc2ccc(C#N)cc2)cs1. The van der Waals surface area contributed by atoms with Gasteiger partial charge in [0.2, 0.25) is 0 Å². The smallest absolute Gasteiger partial charge is 0.0991 e. The highest BCUT2D eigenvalue weighted by Gasteiger charge is 2.06. The number of thiazole rings is 1. The summed E-state index contributed by atoms with van der Waals surface area (Å²) in [6, 6.07) is 9.81. The Morgan fingerprint density at radius 1 is 1.29 bits per heavy atom. The number of rotatable bonds is 3. The van der Waals surface area contributed by atoms with Gasteiger partial charge >= 0.3 is 0 Å². The van der Waals surface area contributed by atoms with Crippen LogP contribution >= 0.6 is 11.3 Å². The first kappa shape index (κ1) is 11.8. The van der Waals surface area contributed by atoms with Crippen LogP contribution < -0.4 is 0 Å². The highest BCUT2D eigenvalue weighted by atomic mass is 32.1. The average molecular weight is 242 g/mol. The molecule has 1 aromatic heterocycles. The molecule has 0 spiro atoms. The normalized spacial score (nSPS) is 10.5. The minimum atomic E-state index is 0.495. The summed E-state index contributed by atoms with van der Waals surface area (Å²) in [5.74, 6) is 0.495. The van der Waals surface area contributed by atoms with Gasteiger partial charge in [0, 0.05) is 17.7 Å². The van der Waals surface area contributed by atoms with Crippen molar-refractivity contribution in [2.45, 2.75) is 26.2 Å². The van der Waals surface area contributed by atoms with Gasteiger partial charge in [-0.1, -0.05) is 26.0 Å². The second kappa shape index (κ2) is 5.11. The van der Waals surface area contributed by atoms with Crippen molar-refractivity contribution in [3.63, 3.8) is 0 Å². The Bertz CT molecular complexity index is 532. The van der Waals surface area contributed by atoms with Crippen LogP contribution in [0.5, 0.6) is 0 Å². The summed E-state index contributed by atoms with van der Waals surface area (Å²) >= 11 is 1.72. The summed E-state index contributed by atoms with van der Waals surface area (Å²) < 4.78 is 0. The minimum Gasteiger partial charge on any atom is -0.246 e. The molecular formula is C14H14N2S. The Balaban J connectivity index is 2.11. The van der Waals surface area contributed by atoms with Gasteiger partial charge in [0.15, 0.2) is 0 Å². The number of hydrogen-bond donors (Lipinski definition) is 0. The van der Waals surface area contributed by atoms with E-state index in [1.54, 1.807) is 11.3 Å². The molecule has 3 heteroatoms. The van der Waals surface area contributed by atoms with Crippen LogP contribution in [-0.2, 0) is 6.42 Å². The lowest BCUT2D eigenvalue weighted by Gasteiger charge is -1.99. The van der Waals surface area contributed by atoms with E-state index in [1.165, 1.54) is 10.6 Å². The molecule has 0 radical (unpaired) electrons. The molecule has 0 aliphatic carbocycles. The molecule has 0 atom stereocenters. The Morgan fingerprint density at radius 3 is 2.53 bits per heavy atom. The van der Waals surface area contributed by atoms with Crippen LogP contribution in [0.25, 0.3) is 0 Å². The molecule has 2 rings (SSSR count). The van der Waals surface area contributed by atoms with Crippen LogP contribution in [-0.4, -0.2) is 4.98 Å². The van der Waals surface area contributed by atoms with E-state index in [4.69, 9.17) is 5.26 Å². The zero-order valence-electron chi connectivity index (χ0n) is 9.97. The fourth-order valence-corrected chi connectivity index (χ4v) is 2.41. The van der Waals surface area contributed by atoms with Crippen molar-refractivity contribution in [2.24, 2.45) is 0 Å². The fourth-order valence-electron chi connectivity index (χ4n) is 1.58. The molecule has 17 heavy (non-hydrogen) atoms. The molecule has 2 aromatic rings. The predicted molar refractivity (Wildman–Crippen MR) is 70.2 cm³/mol. The maximum atomic E-state index is 8.72. The van der Waals surface area contributed by atoms with E-state index in [0.717, 1.165) is 12.1 Å². The third kappa shape index (κ3) is 2.92. The Morgan fingerprint density at radius 2 is 2.00 bits per heavy atom. The zero-order valence-corrected chi connectivity index (χ0v) is 10.8. The van der Waals surface area contributed by atoms with Crippen molar-refractivity contribution in [2.75, 3.05) is 0 Å². The highest BCUT2D eigenvalue weighted by Crippen LogP contribution is 2.20. The number of nitriles is 1. The third-order valence-corrected chi connectivity index (χ3v) is 3.73. The van der Waals surface area contributed by atoms with Crippen LogP contribution in [0.4, 0.5) is 0 Å². The van der Waals surface area contributed by atoms with E-state index in [2.05, 4.69) is 30.3 Å². The van der Waals surface area contributed by atoms with Gasteiger partial charge in [-0.05, 0) is 17.7 Å². The number of benzene rings is 1. The van der Waals surface area contributed by atoms with Gasteiger partial charge in [-0.2, -0.15) is 5.26 Å². The van der Waals surface area contributed by atoms with E-state index in [-0.39, 0.29) is 0 Å². The lowest BCUT2D eigenvalue weighted by molar-refractivity contribution is 0.842. The number of nitrogens with zero attached hydrogens (tertiary/aromatic N) is 2. The fraction of sp³-hybridized carbons (Fsp3) is 0.286. The topological polar surface area (TPSA) is 36.7 Å². The summed E-state index contributed by atoms with van der Waals surface area (Å²) in [6.45, 7) is 4.31. The van der Waals surface area contributed by atoms with Gasteiger partial charge in [-0.25, -0.2) is 4.98 Å². The van der Waals surface area contributed by atoms with Crippen LogP contribution in [0.2, 0.25) is 0 Å². The van der Waals surface area contributed by atoms with Crippen LogP contribution in [0.1, 0.15) is 41.6 Å². The summed E-state index contributed by atoms with van der Waals surface area (Å²) in [6.07, 6.45) is 0.842. The van der Waals surface area contributed by atoms with E-state index in [1.807, 2.05) is 24.3 Å². The van der Waals surface area contributed by atoms with Crippen LogP contribution in [0.15, 0.2) is 29.6 Å². The van der Waals surface area contributed by atoms with Crippen molar-refractivity contribution in [3.8, 4) is 6.07 Å². The monoisotopic (exact) mass is 242 g/mol. The van der Waals surface area contributed by atoms with Crippen molar-refractivity contribution in [1.29, 1.82) is 5.26 Å². The van der Waals surface area contributed by atoms with Crippen LogP contribution in [0, 0.1) is 11.3 Å². The largest absolute Gasteiger partial charge is 0.246 e. The van der Waals surface area contributed by atoms with Crippen molar-refractivity contribution in [1.82, 2.24) is 4.98 Å². The molecule has 1 heterocycles. The maximum Gasteiger partial charge on any atom is 0.0991 e. The van der Waals surface area contributed by atoms with Crippen molar-refractivity contribution < 1.29 is 0 Å². The molecule has 0 saturated heterocycles. The second-order valence-corrected chi connectivity index (χ2v) is 5.21. The zero-order chi connectivity index (χ0) is 12.3. The Hall–Kier alpha value is -1.66. The van der Waals surface area contributed by atoms with Gasteiger partial charge in [0.25, 0.3) is 0 Å². The molecule has 0 amide bonds. The van der Waals surface area contributed by atoms with E-state index < -0.39 is 0 Å². The summed E-state index contributed by atoms with van der Waals surface area (Å²) in [5, 5.41) is 12.0. The molecule has 1 aromatic carbocycles. The molecule has 0 aliphatic rings. The van der Waals surface area contributed by atoms with Crippen LogP contribution in [0.3, 0.4) is 0 Å². The summed E-state index contributed by atoms with van der Waals surface area (Å²) in [4.78, 5) is 4.60. The van der Waals surface area contributed by atoms with Crippen molar-refractivity contribution in [3.05, 3.63) is 51.5 Å². The van der Waals surface area contributed by atoms with Gasteiger partial charge in [0.05, 0.1) is 22.3 Å². The molecule has 0 bridgehead atoms. The lowest BCUT2D eigenvalue weighted by atomic mass is 10.1. The molecule has 0 saturated carbocycles. The Kier molecular flexibility index (Phi) is 3.55. The first-order valence-electron chi connectivity index (χ1n) is 5.62. The van der Waals surface area contributed by atoms with Gasteiger partial charge in [-0.15, -0.1) is 11.3 Å². The quantitative estimate of drug-likeness (QED) is 0.822. The minimum absolute atomic E-state index is 0.495. The molecule has 0 unspecified atom stereocenters. The Labute approximate surface area is 106 Å². The molecular weight excluding hydrogens is 228 g/mol. The number of aromatic nitrogens is 1. The predicted octanol–water partition coefficient (Wildman–Crippen LogP) is 3.73. The molecule has 2 nitrogen and oxygen atoms in total. The molecule has 0 fully saturated rings. The second-order valence-electron chi connectivity index (χ2n) is 4.32. The molecule has 0 N–H and O–H groups in total. The van der Waals surface area contributed by atoms with Crippen molar-refractivity contribution >= 4 is 11.3 Å². The average Bonchev–Trinajstić information content (AvgIpc) is 2.79. The molecule has 86 valence electrons.